The second-order valence-corrected chi connectivity index (χ2v) is 5.34. The maximum atomic E-state index is 12.2. The standard InChI is InChI=1S/C16H14N4O4/c1-10-6-18-14(11(2)15(10)20(22)23)8-24-16(21)12-3-4-19-9-17-7-13(19)5-12/h3-7,9H,8H2,1-2H3. The van der Waals surface area contributed by atoms with Crippen molar-refractivity contribution >= 4 is 17.2 Å². The van der Waals surface area contributed by atoms with Gasteiger partial charge in [-0.15, -0.1) is 0 Å². The highest BCUT2D eigenvalue weighted by Crippen LogP contribution is 2.24. The Balaban J connectivity index is 1.79. The summed E-state index contributed by atoms with van der Waals surface area (Å²) in [4.78, 5) is 30.9. The summed E-state index contributed by atoms with van der Waals surface area (Å²) in [5.74, 6) is -0.525. The highest BCUT2D eigenvalue weighted by Gasteiger charge is 2.19. The van der Waals surface area contributed by atoms with Crippen molar-refractivity contribution in [1.29, 1.82) is 0 Å². The number of imidazole rings is 1. The molecule has 122 valence electrons. The summed E-state index contributed by atoms with van der Waals surface area (Å²) in [6.07, 6.45) is 6.38. The van der Waals surface area contributed by atoms with Gasteiger partial charge in [0.25, 0.3) is 5.69 Å². The van der Waals surface area contributed by atoms with Gasteiger partial charge in [-0.3, -0.25) is 15.1 Å². The molecule has 8 nitrogen and oxygen atoms in total. The van der Waals surface area contributed by atoms with Crippen molar-refractivity contribution in [2.24, 2.45) is 0 Å². The molecule has 0 fully saturated rings. The second-order valence-electron chi connectivity index (χ2n) is 5.34. The lowest BCUT2D eigenvalue weighted by atomic mass is 10.1. The zero-order valence-corrected chi connectivity index (χ0v) is 13.1. The first-order valence-corrected chi connectivity index (χ1v) is 7.15. The van der Waals surface area contributed by atoms with E-state index in [4.69, 9.17) is 4.74 Å². The van der Waals surface area contributed by atoms with Crippen LogP contribution in [0.25, 0.3) is 5.52 Å². The van der Waals surface area contributed by atoms with Gasteiger partial charge >= 0.3 is 5.97 Å². The van der Waals surface area contributed by atoms with Crippen molar-refractivity contribution in [3.63, 3.8) is 0 Å². The minimum absolute atomic E-state index is 0.00303. The van der Waals surface area contributed by atoms with E-state index in [-0.39, 0.29) is 12.3 Å². The summed E-state index contributed by atoms with van der Waals surface area (Å²) in [5, 5.41) is 11.1. The molecule has 0 saturated heterocycles. The average Bonchev–Trinajstić information content (AvgIpc) is 3.01. The van der Waals surface area contributed by atoms with E-state index in [2.05, 4.69) is 9.97 Å². The van der Waals surface area contributed by atoms with Gasteiger partial charge in [-0.1, -0.05) is 0 Å². The third kappa shape index (κ3) is 2.81. The van der Waals surface area contributed by atoms with Crippen LogP contribution in [-0.2, 0) is 11.3 Å². The number of nitro groups is 1. The van der Waals surface area contributed by atoms with E-state index >= 15 is 0 Å². The first-order valence-electron chi connectivity index (χ1n) is 7.15. The smallest absolute Gasteiger partial charge is 0.338 e. The molecule has 0 atom stereocenters. The third-order valence-electron chi connectivity index (χ3n) is 3.75. The summed E-state index contributed by atoms with van der Waals surface area (Å²) < 4.78 is 7.01. The Kier molecular flexibility index (Phi) is 3.95. The number of pyridine rings is 2. The molecule has 0 aliphatic heterocycles. The molecule has 3 heterocycles. The van der Waals surface area contributed by atoms with Crippen LogP contribution in [0.5, 0.6) is 0 Å². The molecule has 0 unspecified atom stereocenters. The third-order valence-corrected chi connectivity index (χ3v) is 3.75. The van der Waals surface area contributed by atoms with E-state index in [1.54, 1.807) is 49.1 Å². The lowest BCUT2D eigenvalue weighted by Gasteiger charge is -2.09. The van der Waals surface area contributed by atoms with Gasteiger partial charge in [-0.25, -0.2) is 9.78 Å². The number of aromatic nitrogens is 3. The topological polar surface area (TPSA) is 99.6 Å². The Morgan fingerprint density at radius 1 is 1.38 bits per heavy atom. The molecule has 0 N–H and O–H groups in total. The Morgan fingerprint density at radius 3 is 2.92 bits per heavy atom. The number of hydrogen-bond donors (Lipinski definition) is 0. The van der Waals surface area contributed by atoms with Gasteiger partial charge in [-0.2, -0.15) is 0 Å². The largest absolute Gasteiger partial charge is 0.456 e. The molecule has 0 aromatic carbocycles. The van der Waals surface area contributed by atoms with Crippen molar-refractivity contribution in [3.8, 4) is 0 Å². The quantitative estimate of drug-likeness (QED) is 0.415. The summed E-state index contributed by atoms with van der Waals surface area (Å²) in [6.45, 7) is 3.09. The van der Waals surface area contributed by atoms with Crippen molar-refractivity contribution < 1.29 is 14.5 Å². The predicted octanol–water partition coefficient (Wildman–Crippen LogP) is 2.61. The molecule has 0 aliphatic carbocycles. The summed E-state index contributed by atoms with van der Waals surface area (Å²) in [6, 6.07) is 3.28. The lowest BCUT2D eigenvalue weighted by Crippen LogP contribution is -2.09. The van der Waals surface area contributed by atoms with E-state index in [9.17, 15) is 14.9 Å². The van der Waals surface area contributed by atoms with Crippen molar-refractivity contribution in [3.05, 3.63) is 69.5 Å². The molecule has 3 rings (SSSR count). The number of hydrogen-bond acceptors (Lipinski definition) is 6. The fourth-order valence-corrected chi connectivity index (χ4v) is 2.46. The number of fused-ring (bicyclic) bond motifs is 1. The fourth-order valence-electron chi connectivity index (χ4n) is 2.46. The molecule has 8 heteroatoms. The Bertz CT molecular complexity index is 948. The van der Waals surface area contributed by atoms with Crippen LogP contribution in [0.3, 0.4) is 0 Å². The van der Waals surface area contributed by atoms with Crippen LogP contribution in [-0.4, -0.2) is 25.3 Å². The van der Waals surface area contributed by atoms with E-state index in [1.165, 1.54) is 6.20 Å². The number of esters is 1. The van der Waals surface area contributed by atoms with Crippen LogP contribution >= 0.6 is 0 Å². The molecular weight excluding hydrogens is 312 g/mol. The van der Waals surface area contributed by atoms with E-state index in [1.807, 2.05) is 0 Å². The minimum atomic E-state index is -0.525. The van der Waals surface area contributed by atoms with Crippen LogP contribution in [0.2, 0.25) is 0 Å². The van der Waals surface area contributed by atoms with E-state index < -0.39 is 10.9 Å². The molecule has 3 aromatic heterocycles. The van der Waals surface area contributed by atoms with E-state index in [0.717, 1.165) is 5.52 Å². The monoisotopic (exact) mass is 326 g/mol. The van der Waals surface area contributed by atoms with Gasteiger partial charge < -0.3 is 9.14 Å². The van der Waals surface area contributed by atoms with Gasteiger partial charge in [0.1, 0.15) is 6.61 Å². The maximum absolute atomic E-state index is 12.2. The van der Waals surface area contributed by atoms with E-state index in [0.29, 0.717) is 22.4 Å². The Morgan fingerprint density at radius 2 is 2.17 bits per heavy atom. The predicted molar refractivity (Wildman–Crippen MR) is 84.7 cm³/mol. The number of nitrogens with zero attached hydrogens (tertiary/aromatic N) is 4. The second kappa shape index (κ2) is 6.07. The zero-order valence-electron chi connectivity index (χ0n) is 13.1. The molecule has 0 spiro atoms. The average molecular weight is 326 g/mol. The first-order chi connectivity index (χ1) is 11.5. The van der Waals surface area contributed by atoms with Gasteiger partial charge in [0.05, 0.1) is 39.8 Å². The van der Waals surface area contributed by atoms with Crippen LogP contribution in [0.15, 0.2) is 37.1 Å². The number of carbonyl (C=O) groups is 1. The molecule has 0 bridgehead atoms. The van der Waals surface area contributed by atoms with Gasteiger partial charge in [0.2, 0.25) is 0 Å². The highest BCUT2D eigenvalue weighted by atomic mass is 16.6. The Labute approximate surface area is 136 Å². The summed E-state index contributed by atoms with van der Waals surface area (Å²) >= 11 is 0. The molecule has 0 radical (unpaired) electrons. The first kappa shape index (κ1) is 15.6. The van der Waals surface area contributed by atoms with Gasteiger partial charge in [0, 0.05) is 18.0 Å². The molecule has 3 aromatic rings. The van der Waals surface area contributed by atoms with Crippen molar-refractivity contribution in [2.75, 3.05) is 0 Å². The maximum Gasteiger partial charge on any atom is 0.338 e. The number of carbonyl (C=O) groups excluding carboxylic acids is 1. The molecule has 0 aliphatic rings. The van der Waals surface area contributed by atoms with Crippen LogP contribution < -0.4 is 0 Å². The van der Waals surface area contributed by atoms with Crippen molar-refractivity contribution in [1.82, 2.24) is 14.4 Å². The normalized spacial score (nSPS) is 10.8. The minimum Gasteiger partial charge on any atom is -0.456 e. The highest BCUT2D eigenvalue weighted by molar-refractivity contribution is 5.90. The number of aryl methyl sites for hydroxylation is 1. The van der Waals surface area contributed by atoms with Crippen LogP contribution in [0, 0.1) is 24.0 Å². The SMILES string of the molecule is Cc1cnc(COC(=O)c2ccn3cncc3c2)c(C)c1[N+](=O)[O-]. The van der Waals surface area contributed by atoms with Gasteiger partial charge in [0.15, 0.2) is 0 Å². The van der Waals surface area contributed by atoms with Gasteiger partial charge in [-0.05, 0) is 26.0 Å². The summed E-state index contributed by atoms with van der Waals surface area (Å²) in [5.41, 5.74) is 2.38. The lowest BCUT2D eigenvalue weighted by molar-refractivity contribution is -0.386. The molecule has 24 heavy (non-hydrogen) atoms. The molecule has 0 amide bonds. The number of ether oxygens (including phenoxy) is 1. The zero-order chi connectivity index (χ0) is 17.3. The molecular formula is C16H14N4O4. The fraction of sp³-hybridized carbons (Fsp3) is 0.188. The van der Waals surface area contributed by atoms with Crippen LogP contribution in [0.4, 0.5) is 5.69 Å². The number of rotatable bonds is 4. The van der Waals surface area contributed by atoms with Crippen molar-refractivity contribution in [2.45, 2.75) is 20.5 Å². The molecule has 0 saturated carbocycles. The van der Waals surface area contributed by atoms with Crippen LogP contribution in [0.1, 0.15) is 27.2 Å². The Hall–Kier alpha value is -3.29. The summed E-state index contributed by atoms with van der Waals surface area (Å²) in [7, 11) is 0.